The standard InChI is InChI=1S/C22H24N2O2.C15H18N2O2.CH4/c1-19(23-26-18-21-11-6-3-7-12-21)15-24(17-22-13-8-14-25-22)16-20-9-4-2-5-10-20;1-13(16-18)10-17(12-15-8-5-9-19-15)11-14-6-3-2-4-7-14;/h2-14H,15-18H2,1H3;2-9,18H,10-12H2,1H3;1H4/b23-19+;16-13+;. The lowest BCUT2D eigenvalue weighted by Crippen LogP contribution is -2.28. The van der Waals surface area contributed by atoms with E-state index in [9.17, 15) is 0 Å². The molecule has 0 amide bonds. The van der Waals surface area contributed by atoms with Crippen molar-refractivity contribution in [1.29, 1.82) is 0 Å². The van der Waals surface area contributed by atoms with E-state index in [0.717, 1.165) is 42.4 Å². The van der Waals surface area contributed by atoms with Crippen molar-refractivity contribution in [3.8, 4) is 0 Å². The first-order valence-corrected chi connectivity index (χ1v) is 15.0. The molecule has 2 heterocycles. The van der Waals surface area contributed by atoms with Gasteiger partial charge in [-0.2, -0.15) is 0 Å². The normalized spacial score (nSPS) is 11.6. The highest BCUT2D eigenvalue weighted by Gasteiger charge is 2.12. The van der Waals surface area contributed by atoms with Gasteiger partial charge in [0.25, 0.3) is 0 Å². The molecule has 8 nitrogen and oxygen atoms in total. The maximum Gasteiger partial charge on any atom is 0.142 e. The van der Waals surface area contributed by atoms with Gasteiger partial charge in [0.15, 0.2) is 0 Å². The number of oxime groups is 2. The van der Waals surface area contributed by atoms with Gasteiger partial charge in [-0.25, -0.2) is 0 Å². The summed E-state index contributed by atoms with van der Waals surface area (Å²) < 4.78 is 10.9. The van der Waals surface area contributed by atoms with Gasteiger partial charge in [-0.3, -0.25) is 9.80 Å². The largest absolute Gasteiger partial charge is 0.468 e. The second-order valence-electron chi connectivity index (χ2n) is 10.8. The van der Waals surface area contributed by atoms with Crippen molar-refractivity contribution in [3.05, 3.63) is 156 Å². The molecule has 0 spiro atoms. The van der Waals surface area contributed by atoms with Crippen molar-refractivity contribution in [1.82, 2.24) is 9.80 Å². The Morgan fingerprint density at radius 2 is 1.02 bits per heavy atom. The van der Waals surface area contributed by atoms with E-state index in [4.69, 9.17) is 18.9 Å². The van der Waals surface area contributed by atoms with Crippen molar-refractivity contribution in [3.63, 3.8) is 0 Å². The Labute approximate surface area is 273 Å². The summed E-state index contributed by atoms with van der Waals surface area (Å²) in [7, 11) is 0. The van der Waals surface area contributed by atoms with Crippen LogP contribution in [0.5, 0.6) is 0 Å². The van der Waals surface area contributed by atoms with Crippen LogP contribution in [0.3, 0.4) is 0 Å². The van der Waals surface area contributed by atoms with E-state index >= 15 is 0 Å². The number of hydrogen-bond acceptors (Lipinski definition) is 8. The van der Waals surface area contributed by atoms with Crippen LogP contribution in [-0.4, -0.2) is 39.5 Å². The Hall–Kier alpha value is -4.92. The summed E-state index contributed by atoms with van der Waals surface area (Å²) in [5.74, 6) is 1.85. The Kier molecular flexibility index (Phi) is 15.6. The van der Waals surface area contributed by atoms with Crippen molar-refractivity contribution in [2.45, 2.75) is 54.1 Å². The van der Waals surface area contributed by atoms with Gasteiger partial charge in [0.2, 0.25) is 0 Å². The smallest absolute Gasteiger partial charge is 0.142 e. The molecule has 0 saturated carbocycles. The molecule has 1 N–H and O–H groups in total. The molecule has 0 bridgehead atoms. The minimum atomic E-state index is 0. The number of nitrogens with zero attached hydrogens (tertiary/aromatic N) is 4. The average Bonchev–Trinajstić information content (AvgIpc) is 3.78. The quantitative estimate of drug-likeness (QED) is 0.0714. The van der Waals surface area contributed by atoms with Crippen LogP contribution in [0.2, 0.25) is 0 Å². The Morgan fingerprint density at radius 1 is 0.587 bits per heavy atom. The second-order valence-corrected chi connectivity index (χ2v) is 10.8. The fourth-order valence-corrected chi connectivity index (χ4v) is 4.76. The molecule has 5 aromatic rings. The third-order valence-corrected chi connectivity index (χ3v) is 6.79. The predicted molar refractivity (Wildman–Crippen MR) is 184 cm³/mol. The van der Waals surface area contributed by atoms with Crippen molar-refractivity contribution in [2.75, 3.05) is 13.1 Å². The molecule has 5 rings (SSSR count). The summed E-state index contributed by atoms with van der Waals surface area (Å²) in [4.78, 5) is 9.97. The molecule has 3 aromatic carbocycles. The van der Waals surface area contributed by atoms with Gasteiger partial charge in [0, 0.05) is 26.2 Å². The lowest BCUT2D eigenvalue weighted by Gasteiger charge is -2.21. The summed E-state index contributed by atoms with van der Waals surface area (Å²) in [6.45, 7) is 8.63. The molecule has 0 unspecified atom stereocenters. The zero-order valence-corrected chi connectivity index (χ0v) is 26.0. The molecule has 0 saturated heterocycles. The first-order valence-electron chi connectivity index (χ1n) is 15.0. The molecule has 0 aliphatic heterocycles. The van der Waals surface area contributed by atoms with Gasteiger partial charge >= 0.3 is 0 Å². The predicted octanol–water partition coefficient (Wildman–Crippen LogP) is 8.64. The second kappa shape index (κ2) is 20.2. The van der Waals surface area contributed by atoms with Gasteiger partial charge in [-0.05, 0) is 54.8 Å². The van der Waals surface area contributed by atoms with E-state index in [2.05, 4.69) is 56.5 Å². The topological polar surface area (TPSA) is 86.9 Å². The maximum absolute atomic E-state index is 8.81. The van der Waals surface area contributed by atoms with Crippen LogP contribution in [0.25, 0.3) is 0 Å². The SMILES string of the molecule is C.C/C(CN(Cc1ccccc1)Cc1ccco1)=N\O.C/C(CN(Cc1ccccc1)Cc1ccco1)=N\OCc1ccccc1. The highest BCUT2D eigenvalue weighted by molar-refractivity contribution is 5.83. The van der Waals surface area contributed by atoms with Crippen LogP contribution in [0.1, 0.15) is 49.5 Å². The van der Waals surface area contributed by atoms with Crippen LogP contribution in [0, 0.1) is 0 Å². The summed E-state index contributed by atoms with van der Waals surface area (Å²) in [5, 5.41) is 16.3. The molecular formula is C38H46N4O4. The zero-order valence-electron chi connectivity index (χ0n) is 26.0. The number of rotatable bonds is 15. The van der Waals surface area contributed by atoms with Gasteiger partial charge < -0.3 is 18.9 Å². The van der Waals surface area contributed by atoms with E-state index in [-0.39, 0.29) is 7.43 Å². The lowest BCUT2D eigenvalue weighted by molar-refractivity contribution is 0.128. The minimum absolute atomic E-state index is 0. The fraction of sp³-hybridized carbons (Fsp3) is 0.263. The molecule has 0 atom stereocenters. The Morgan fingerprint density at radius 3 is 1.43 bits per heavy atom. The van der Waals surface area contributed by atoms with Gasteiger partial charge in [0.05, 0.1) is 37.0 Å². The van der Waals surface area contributed by atoms with E-state index in [0.29, 0.717) is 32.0 Å². The van der Waals surface area contributed by atoms with E-state index in [1.165, 1.54) is 11.1 Å². The summed E-state index contributed by atoms with van der Waals surface area (Å²) in [5.41, 5.74) is 5.21. The van der Waals surface area contributed by atoms with E-state index in [1.54, 1.807) is 19.5 Å². The number of benzene rings is 3. The Bertz CT molecular complexity index is 1520. The molecule has 0 aliphatic carbocycles. The molecule has 0 fully saturated rings. The van der Waals surface area contributed by atoms with Gasteiger partial charge in [-0.15, -0.1) is 0 Å². The van der Waals surface area contributed by atoms with E-state index < -0.39 is 0 Å². The highest BCUT2D eigenvalue weighted by atomic mass is 16.6. The third kappa shape index (κ3) is 13.4. The first-order chi connectivity index (χ1) is 22.1. The molecule has 2 aromatic heterocycles. The van der Waals surface area contributed by atoms with Gasteiger partial charge in [-0.1, -0.05) is 109 Å². The number of furan rings is 2. The van der Waals surface area contributed by atoms with Crippen LogP contribution < -0.4 is 0 Å². The van der Waals surface area contributed by atoms with Crippen LogP contribution in [0.4, 0.5) is 0 Å². The third-order valence-electron chi connectivity index (χ3n) is 6.79. The first kappa shape index (κ1) is 35.6. The van der Waals surface area contributed by atoms with E-state index in [1.807, 2.05) is 85.8 Å². The molecule has 0 radical (unpaired) electrons. The van der Waals surface area contributed by atoms with Crippen molar-refractivity contribution in [2.24, 2.45) is 10.3 Å². The maximum atomic E-state index is 8.81. The van der Waals surface area contributed by atoms with Crippen molar-refractivity contribution < 1.29 is 18.9 Å². The molecule has 242 valence electrons. The lowest BCUT2D eigenvalue weighted by atomic mass is 10.2. The highest BCUT2D eigenvalue weighted by Crippen LogP contribution is 2.12. The molecular weight excluding hydrogens is 576 g/mol. The zero-order chi connectivity index (χ0) is 31.5. The van der Waals surface area contributed by atoms with Crippen LogP contribution in [0.15, 0.2) is 147 Å². The minimum Gasteiger partial charge on any atom is -0.468 e. The fourth-order valence-electron chi connectivity index (χ4n) is 4.76. The summed E-state index contributed by atoms with van der Waals surface area (Å²) >= 11 is 0. The van der Waals surface area contributed by atoms with Crippen LogP contribution >= 0.6 is 0 Å². The Balaban J connectivity index is 0.000000257. The van der Waals surface area contributed by atoms with Gasteiger partial charge in [0.1, 0.15) is 18.1 Å². The monoisotopic (exact) mass is 622 g/mol. The summed E-state index contributed by atoms with van der Waals surface area (Å²) in [6, 6.07) is 38.4. The molecule has 8 heteroatoms. The molecule has 46 heavy (non-hydrogen) atoms. The molecule has 0 aliphatic rings. The average molecular weight is 623 g/mol. The van der Waals surface area contributed by atoms with Crippen LogP contribution in [-0.2, 0) is 37.6 Å². The summed E-state index contributed by atoms with van der Waals surface area (Å²) in [6.07, 6.45) is 3.38. The number of hydrogen-bond donors (Lipinski definition) is 1. The van der Waals surface area contributed by atoms with Crippen molar-refractivity contribution >= 4 is 11.4 Å².